The summed E-state index contributed by atoms with van der Waals surface area (Å²) in [4.78, 5) is 2.13. The molecule has 0 aromatic heterocycles. The van der Waals surface area contributed by atoms with Crippen molar-refractivity contribution < 1.29 is 10.2 Å². The van der Waals surface area contributed by atoms with E-state index >= 15 is 0 Å². The van der Waals surface area contributed by atoms with Gasteiger partial charge in [-0.15, -0.1) is 0 Å². The van der Waals surface area contributed by atoms with Crippen LogP contribution in [0.5, 0.6) is 0 Å². The van der Waals surface area contributed by atoms with E-state index in [4.69, 9.17) is 5.11 Å². The molecule has 1 heterocycles. The summed E-state index contributed by atoms with van der Waals surface area (Å²) < 4.78 is 0. The molecule has 0 saturated carbocycles. The molecule has 1 aliphatic heterocycles. The maximum atomic E-state index is 9.30. The van der Waals surface area contributed by atoms with Crippen LogP contribution in [0.2, 0.25) is 0 Å². The van der Waals surface area contributed by atoms with Crippen molar-refractivity contribution in [3.8, 4) is 0 Å². The molecule has 2 N–H and O–H groups in total. The first-order chi connectivity index (χ1) is 4.74. The third kappa shape index (κ3) is 1.68. The molecule has 3 nitrogen and oxygen atoms in total. The Balaban J connectivity index is 2.38. The molecule has 1 fully saturated rings. The van der Waals surface area contributed by atoms with Gasteiger partial charge >= 0.3 is 0 Å². The normalized spacial score (nSPS) is 36.3. The first-order valence-electron chi connectivity index (χ1n) is 3.71. The number of nitrogens with zero attached hydrogens (tertiary/aromatic N) is 1. The summed E-state index contributed by atoms with van der Waals surface area (Å²) in [5.74, 6) is 0.0683. The minimum absolute atomic E-state index is 0.0683. The molecule has 10 heavy (non-hydrogen) atoms. The Bertz CT molecular complexity index is 108. The van der Waals surface area contributed by atoms with Crippen LogP contribution >= 0.6 is 0 Å². The lowest BCUT2D eigenvalue weighted by atomic mass is 9.96. The van der Waals surface area contributed by atoms with Crippen molar-refractivity contribution in [3.63, 3.8) is 0 Å². The Morgan fingerprint density at radius 1 is 1.60 bits per heavy atom. The Morgan fingerprint density at radius 2 is 2.30 bits per heavy atom. The van der Waals surface area contributed by atoms with Crippen molar-refractivity contribution in [2.75, 3.05) is 26.7 Å². The molecule has 1 aliphatic rings. The van der Waals surface area contributed by atoms with E-state index in [-0.39, 0.29) is 18.6 Å². The summed E-state index contributed by atoms with van der Waals surface area (Å²) in [5, 5.41) is 18.1. The van der Waals surface area contributed by atoms with Gasteiger partial charge in [0.05, 0.1) is 6.10 Å². The number of hydrogen-bond acceptors (Lipinski definition) is 3. The Kier molecular flexibility index (Phi) is 2.65. The molecule has 0 spiro atoms. The highest BCUT2D eigenvalue weighted by molar-refractivity contribution is 4.77. The van der Waals surface area contributed by atoms with E-state index in [0.717, 1.165) is 19.5 Å². The molecule has 0 aromatic carbocycles. The van der Waals surface area contributed by atoms with Crippen molar-refractivity contribution in [2.45, 2.75) is 12.5 Å². The van der Waals surface area contributed by atoms with E-state index in [1.165, 1.54) is 0 Å². The van der Waals surface area contributed by atoms with Crippen molar-refractivity contribution in [1.82, 2.24) is 4.90 Å². The van der Waals surface area contributed by atoms with Gasteiger partial charge in [0.1, 0.15) is 0 Å². The second-order valence-electron chi connectivity index (χ2n) is 3.06. The van der Waals surface area contributed by atoms with Crippen molar-refractivity contribution in [3.05, 3.63) is 0 Å². The van der Waals surface area contributed by atoms with Gasteiger partial charge in [-0.05, 0) is 13.5 Å². The van der Waals surface area contributed by atoms with E-state index in [1.807, 2.05) is 7.05 Å². The highest BCUT2D eigenvalue weighted by atomic mass is 16.3. The summed E-state index contributed by atoms with van der Waals surface area (Å²) in [7, 11) is 2.01. The van der Waals surface area contributed by atoms with Gasteiger partial charge in [0, 0.05) is 25.6 Å². The lowest BCUT2D eigenvalue weighted by Crippen LogP contribution is -2.42. The van der Waals surface area contributed by atoms with Crippen LogP contribution < -0.4 is 0 Å². The Morgan fingerprint density at radius 3 is 2.80 bits per heavy atom. The van der Waals surface area contributed by atoms with Crippen LogP contribution in [-0.2, 0) is 0 Å². The van der Waals surface area contributed by atoms with E-state index in [2.05, 4.69) is 4.90 Å². The topological polar surface area (TPSA) is 43.7 Å². The van der Waals surface area contributed by atoms with Crippen LogP contribution in [0, 0.1) is 5.92 Å². The molecule has 0 amide bonds. The Labute approximate surface area is 61.3 Å². The maximum Gasteiger partial charge on any atom is 0.0614 e. The molecule has 0 bridgehead atoms. The maximum absolute atomic E-state index is 9.30. The lowest BCUT2D eigenvalue weighted by molar-refractivity contribution is 0.00843. The zero-order valence-electron chi connectivity index (χ0n) is 6.32. The third-order valence-electron chi connectivity index (χ3n) is 2.13. The first-order valence-corrected chi connectivity index (χ1v) is 3.71. The van der Waals surface area contributed by atoms with Crippen LogP contribution in [0.4, 0.5) is 0 Å². The standard InChI is InChI=1S/C7H15NO2/c1-8-3-2-7(10)6(4-8)5-9/h6-7,9-10H,2-5H2,1H3/t6-,7+/m0/s1. The fourth-order valence-corrected chi connectivity index (χ4v) is 1.38. The largest absolute Gasteiger partial charge is 0.396 e. The summed E-state index contributed by atoms with van der Waals surface area (Å²) >= 11 is 0. The van der Waals surface area contributed by atoms with Crippen LogP contribution in [0.1, 0.15) is 6.42 Å². The number of hydrogen-bond donors (Lipinski definition) is 2. The number of aliphatic hydroxyl groups is 2. The van der Waals surface area contributed by atoms with Gasteiger partial charge in [0.15, 0.2) is 0 Å². The number of rotatable bonds is 1. The Hall–Kier alpha value is -0.120. The SMILES string of the molecule is CN1CC[C@@H](O)[C@H](CO)C1. The lowest BCUT2D eigenvalue weighted by Gasteiger charge is -2.32. The van der Waals surface area contributed by atoms with E-state index < -0.39 is 0 Å². The molecule has 0 aromatic rings. The first kappa shape index (κ1) is 7.98. The summed E-state index contributed by atoms with van der Waals surface area (Å²) in [6.45, 7) is 1.86. The number of aliphatic hydroxyl groups excluding tert-OH is 2. The van der Waals surface area contributed by atoms with E-state index in [0.29, 0.717) is 0 Å². The minimum Gasteiger partial charge on any atom is -0.396 e. The van der Waals surface area contributed by atoms with Crippen molar-refractivity contribution in [2.24, 2.45) is 5.92 Å². The third-order valence-corrected chi connectivity index (χ3v) is 2.13. The minimum atomic E-state index is -0.291. The van der Waals surface area contributed by atoms with Gasteiger partial charge in [-0.25, -0.2) is 0 Å². The smallest absolute Gasteiger partial charge is 0.0614 e. The van der Waals surface area contributed by atoms with Crippen LogP contribution in [0.15, 0.2) is 0 Å². The number of likely N-dealkylation sites (tertiary alicyclic amines) is 1. The average molecular weight is 145 g/mol. The van der Waals surface area contributed by atoms with Gasteiger partial charge in [-0.3, -0.25) is 0 Å². The van der Waals surface area contributed by atoms with Crippen LogP contribution in [-0.4, -0.2) is 48.0 Å². The molecule has 0 aliphatic carbocycles. The van der Waals surface area contributed by atoms with Gasteiger partial charge < -0.3 is 15.1 Å². The summed E-state index contributed by atoms with van der Waals surface area (Å²) in [6, 6.07) is 0. The predicted octanol–water partition coefficient (Wildman–Crippen LogP) is -0.709. The molecule has 0 radical (unpaired) electrons. The van der Waals surface area contributed by atoms with Gasteiger partial charge in [0.2, 0.25) is 0 Å². The molecule has 2 atom stereocenters. The molecule has 1 rings (SSSR count). The second kappa shape index (κ2) is 3.32. The van der Waals surface area contributed by atoms with Crippen molar-refractivity contribution in [1.29, 1.82) is 0 Å². The molecule has 1 saturated heterocycles. The number of piperidine rings is 1. The van der Waals surface area contributed by atoms with E-state index in [9.17, 15) is 5.11 Å². The van der Waals surface area contributed by atoms with Gasteiger partial charge in [-0.1, -0.05) is 0 Å². The molecule has 3 heteroatoms. The highest BCUT2D eigenvalue weighted by Crippen LogP contribution is 2.14. The molecule has 0 unspecified atom stereocenters. The zero-order valence-corrected chi connectivity index (χ0v) is 6.32. The van der Waals surface area contributed by atoms with E-state index in [1.54, 1.807) is 0 Å². The van der Waals surface area contributed by atoms with Crippen molar-refractivity contribution >= 4 is 0 Å². The van der Waals surface area contributed by atoms with Crippen LogP contribution in [0.25, 0.3) is 0 Å². The van der Waals surface area contributed by atoms with Crippen LogP contribution in [0.3, 0.4) is 0 Å². The molecule has 60 valence electrons. The van der Waals surface area contributed by atoms with Gasteiger partial charge in [-0.2, -0.15) is 0 Å². The molecular formula is C7H15NO2. The highest BCUT2D eigenvalue weighted by Gasteiger charge is 2.24. The zero-order chi connectivity index (χ0) is 7.56. The predicted molar refractivity (Wildman–Crippen MR) is 38.7 cm³/mol. The monoisotopic (exact) mass is 145 g/mol. The summed E-state index contributed by atoms with van der Waals surface area (Å²) in [6.07, 6.45) is 0.503. The fourth-order valence-electron chi connectivity index (χ4n) is 1.38. The quantitative estimate of drug-likeness (QED) is 0.512. The molecular weight excluding hydrogens is 130 g/mol. The average Bonchev–Trinajstić information content (AvgIpc) is 1.94. The summed E-state index contributed by atoms with van der Waals surface area (Å²) in [5.41, 5.74) is 0. The van der Waals surface area contributed by atoms with Gasteiger partial charge in [0.25, 0.3) is 0 Å². The second-order valence-corrected chi connectivity index (χ2v) is 3.06. The fraction of sp³-hybridized carbons (Fsp3) is 1.00.